The van der Waals surface area contributed by atoms with Crippen molar-refractivity contribution >= 4 is 11.7 Å². The number of benzene rings is 1. The normalized spacial score (nSPS) is 28.8. The van der Waals surface area contributed by atoms with Gasteiger partial charge < -0.3 is 15.7 Å². The van der Waals surface area contributed by atoms with Crippen LogP contribution in [0.15, 0.2) is 24.3 Å². The molecule has 2 aliphatic carbocycles. The zero-order valence-corrected chi connectivity index (χ0v) is 13.1. The number of carbonyl (C=O) groups is 1. The van der Waals surface area contributed by atoms with Crippen LogP contribution in [0.1, 0.15) is 24.8 Å². The minimum Gasteiger partial charge on any atom is -0.396 e. The van der Waals surface area contributed by atoms with Gasteiger partial charge in [0.15, 0.2) is 0 Å². The zero-order chi connectivity index (χ0) is 17.3. The molecule has 132 valence electrons. The summed E-state index contributed by atoms with van der Waals surface area (Å²) in [5.74, 6) is 0.825. The summed E-state index contributed by atoms with van der Waals surface area (Å²) < 4.78 is 37.9. The number of para-hydroxylation sites is 1. The number of rotatable bonds is 4. The molecule has 0 unspecified atom stereocenters. The number of anilines is 1. The maximum Gasteiger partial charge on any atom is 0.393 e. The van der Waals surface area contributed by atoms with E-state index in [2.05, 4.69) is 10.6 Å². The van der Waals surface area contributed by atoms with E-state index in [1.54, 1.807) is 6.07 Å². The first kappa shape index (κ1) is 17.1. The van der Waals surface area contributed by atoms with E-state index in [1.807, 2.05) is 0 Å². The number of urea groups is 1. The molecule has 2 saturated carbocycles. The van der Waals surface area contributed by atoms with Crippen molar-refractivity contribution in [1.29, 1.82) is 0 Å². The minimum atomic E-state index is -4.33. The van der Waals surface area contributed by atoms with E-state index in [0.717, 1.165) is 19.3 Å². The third kappa shape index (κ3) is 3.66. The Hall–Kier alpha value is -1.76. The van der Waals surface area contributed by atoms with Gasteiger partial charge in [0.2, 0.25) is 0 Å². The van der Waals surface area contributed by atoms with Crippen LogP contribution in [0.5, 0.6) is 0 Å². The van der Waals surface area contributed by atoms with Crippen molar-refractivity contribution in [3.05, 3.63) is 29.8 Å². The largest absolute Gasteiger partial charge is 0.396 e. The number of amides is 2. The van der Waals surface area contributed by atoms with Crippen molar-refractivity contribution in [2.45, 2.75) is 37.9 Å². The first-order valence-corrected chi connectivity index (χ1v) is 8.20. The van der Waals surface area contributed by atoms with Crippen LogP contribution >= 0.6 is 0 Å². The molecular formula is C17H21F3N2O2. The summed E-state index contributed by atoms with van der Waals surface area (Å²) in [7, 11) is 0. The van der Waals surface area contributed by atoms with Gasteiger partial charge >= 0.3 is 12.2 Å². The Bertz CT molecular complexity index is 606. The molecule has 0 heterocycles. The second-order valence-corrected chi connectivity index (χ2v) is 6.75. The van der Waals surface area contributed by atoms with E-state index in [-0.39, 0.29) is 29.8 Å². The quantitative estimate of drug-likeness (QED) is 0.786. The number of hydrogen-bond acceptors (Lipinski definition) is 2. The Balaban J connectivity index is 1.65. The van der Waals surface area contributed by atoms with Gasteiger partial charge in [-0.1, -0.05) is 18.2 Å². The van der Waals surface area contributed by atoms with Gasteiger partial charge in [-0.25, -0.2) is 4.79 Å². The molecule has 3 rings (SSSR count). The smallest absolute Gasteiger partial charge is 0.393 e. The van der Waals surface area contributed by atoms with Crippen molar-refractivity contribution in [3.8, 4) is 0 Å². The van der Waals surface area contributed by atoms with Crippen LogP contribution in [0.25, 0.3) is 0 Å². The summed E-state index contributed by atoms with van der Waals surface area (Å²) >= 11 is 0. The van der Waals surface area contributed by atoms with E-state index in [0.29, 0.717) is 11.8 Å². The molecule has 1 aromatic rings. The van der Waals surface area contributed by atoms with Gasteiger partial charge in [-0.05, 0) is 42.7 Å². The summed E-state index contributed by atoms with van der Waals surface area (Å²) in [6.45, 7) is 0.0246. The Morgan fingerprint density at radius 2 is 1.92 bits per heavy atom. The lowest BCUT2D eigenvalue weighted by molar-refractivity contribution is -0.127. The fourth-order valence-corrected chi connectivity index (χ4v) is 4.22. The fourth-order valence-electron chi connectivity index (χ4n) is 4.22. The average molecular weight is 342 g/mol. The summed E-state index contributed by atoms with van der Waals surface area (Å²) in [6, 6.07) is 5.30. The van der Waals surface area contributed by atoms with Crippen LogP contribution in [-0.4, -0.2) is 30.0 Å². The molecule has 2 aliphatic rings. The summed E-state index contributed by atoms with van der Waals surface area (Å²) in [4.78, 5) is 12.2. The van der Waals surface area contributed by atoms with Crippen LogP contribution < -0.4 is 10.6 Å². The van der Waals surface area contributed by atoms with E-state index in [9.17, 15) is 23.1 Å². The van der Waals surface area contributed by atoms with Gasteiger partial charge in [-0.15, -0.1) is 0 Å². The van der Waals surface area contributed by atoms with Gasteiger partial charge in [0, 0.05) is 24.3 Å². The number of aliphatic hydroxyl groups excluding tert-OH is 1. The van der Waals surface area contributed by atoms with Crippen molar-refractivity contribution in [1.82, 2.24) is 5.32 Å². The molecule has 2 amide bonds. The van der Waals surface area contributed by atoms with Gasteiger partial charge in [-0.2, -0.15) is 13.2 Å². The highest BCUT2D eigenvalue weighted by Gasteiger charge is 2.47. The van der Waals surface area contributed by atoms with Crippen LogP contribution in [0.4, 0.5) is 23.7 Å². The molecule has 3 N–H and O–H groups in total. The number of halogens is 3. The lowest BCUT2D eigenvalue weighted by Crippen LogP contribution is -2.47. The van der Waals surface area contributed by atoms with E-state index >= 15 is 0 Å². The Morgan fingerprint density at radius 1 is 1.21 bits per heavy atom. The van der Waals surface area contributed by atoms with Crippen molar-refractivity contribution in [2.75, 3.05) is 11.9 Å². The number of aliphatic hydroxyl groups is 1. The van der Waals surface area contributed by atoms with Crippen LogP contribution in [0, 0.1) is 17.8 Å². The number of alkyl halides is 3. The molecule has 4 atom stereocenters. The molecule has 2 fully saturated rings. The monoisotopic (exact) mass is 342 g/mol. The summed E-state index contributed by atoms with van der Waals surface area (Å²) in [6.07, 6.45) is -2.32. The highest BCUT2D eigenvalue weighted by Crippen LogP contribution is 2.48. The topological polar surface area (TPSA) is 61.4 Å². The lowest BCUT2D eigenvalue weighted by Gasteiger charge is -2.30. The molecule has 2 bridgehead atoms. The molecule has 0 aliphatic heterocycles. The maximum atomic E-state index is 12.6. The van der Waals surface area contributed by atoms with E-state index in [4.69, 9.17) is 0 Å². The van der Waals surface area contributed by atoms with Gasteiger partial charge in [0.05, 0.1) is 6.42 Å². The first-order valence-electron chi connectivity index (χ1n) is 8.20. The molecule has 24 heavy (non-hydrogen) atoms. The van der Waals surface area contributed by atoms with Gasteiger partial charge in [-0.3, -0.25) is 0 Å². The summed E-state index contributed by atoms with van der Waals surface area (Å²) in [5.41, 5.74) is 0.197. The third-order valence-corrected chi connectivity index (χ3v) is 5.25. The van der Waals surface area contributed by atoms with Crippen molar-refractivity contribution in [2.24, 2.45) is 17.8 Å². The van der Waals surface area contributed by atoms with Crippen molar-refractivity contribution in [3.63, 3.8) is 0 Å². The number of carbonyl (C=O) groups excluding carboxylic acids is 1. The minimum absolute atomic E-state index is 0.0246. The second-order valence-electron chi connectivity index (χ2n) is 6.75. The SMILES string of the molecule is O=C(Nc1ccccc1CC(F)(F)F)N[C@H]1[C@H]2CC[C@@H](C2)[C@H]1CO. The number of nitrogens with one attached hydrogen (secondary N) is 2. The Kier molecular flexibility index (Phi) is 4.71. The molecule has 0 aromatic heterocycles. The molecule has 0 radical (unpaired) electrons. The molecular weight excluding hydrogens is 321 g/mol. The first-order chi connectivity index (χ1) is 11.4. The van der Waals surface area contributed by atoms with Crippen LogP contribution in [0.2, 0.25) is 0 Å². The van der Waals surface area contributed by atoms with Crippen molar-refractivity contribution < 1.29 is 23.1 Å². The highest BCUT2D eigenvalue weighted by molar-refractivity contribution is 5.90. The van der Waals surface area contributed by atoms with E-state index in [1.165, 1.54) is 18.2 Å². The predicted octanol–water partition coefficient (Wildman–Crippen LogP) is 3.32. The zero-order valence-electron chi connectivity index (χ0n) is 13.1. The van der Waals surface area contributed by atoms with Crippen LogP contribution in [0.3, 0.4) is 0 Å². The fraction of sp³-hybridized carbons (Fsp3) is 0.588. The molecule has 4 nitrogen and oxygen atoms in total. The molecule has 1 aromatic carbocycles. The van der Waals surface area contributed by atoms with Gasteiger partial charge in [0.25, 0.3) is 0 Å². The van der Waals surface area contributed by atoms with Crippen LogP contribution in [-0.2, 0) is 6.42 Å². The average Bonchev–Trinajstić information content (AvgIpc) is 3.09. The maximum absolute atomic E-state index is 12.6. The molecule has 0 saturated heterocycles. The Labute approximate surface area is 138 Å². The lowest BCUT2D eigenvalue weighted by atomic mass is 9.85. The van der Waals surface area contributed by atoms with E-state index < -0.39 is 18.6 Å². The summed E-state index contributed by atoms with van der Waals surface area (Å²) in [5, 5.41) is 14.9. The number of fused-ring (bicyclic) bond motifs is 2. The predicted molar refractivity (Wildman–Crippen MR) is 83.6 cm³/mol. The van der Waals surface area contributed by atoms with Gasteiger partial charge in [0.1, 0.15) is 0 Å². The highest BCUT2D eigenvalue weighted by atomic mass is 19.4. The Morgan fingerprint density at radius 3 is 2.62 bits per heavy atom. The standard InChI is InChI=1S/C17H21F3N2O2/c18-17(19,20)8-12-3-1-2-4-14(12)21-16(24)22-15-11-6-5-10(7-11)13(15)9-23/h1-4,10-11,13,15,23H,5-9H2,(H2,21,22,24)/t10-,11-,13+,15-/m0/s1. The molecule has 7 heteroatoms. The second kappa shape index (κ2) is 6.63. The third-order valence-electron chi connectivity index (χ3n) is 5.25. The molecule has 0 spiro atoms. The number of hydrogen-bond donors (Lipinski definition) is 3.